The number of carbonyl (C=O) groups excluding carboxylic acids is 2. The molecule has 142 valence electrons. The number of aromatic carboxylic acids is 1. The molecule has 0 radical (unpaired) electrons. The fourth-order valence-electron chi connectivity index (χ4n) is 2.45. The van der Waals surface area contributed by atoms with Gasteiger partial charge in [-0.15, -0.1) is 0 Å². The number of benzene rings is 2. The number of hydrogen-bond donors (Lipinski definition) is 2. The average molecular weight is 391 g/mol. The maximum Gasteiger partial charge on any atom is 0.337 e. The number of halogens is 1. The van der Waals surface area contributed by atoms with Crippen LogP contribution in [0.15, 0.2) is 42.5 Å². The van der Waals surface area contributed by atoms with E-state index in [2.05, 4.69) is 5.32 Å². The van der Waals surface area contributed by atoms with Crippen LogP contribution in [-0.4, -0.2) is 43.2 Å². The summed E-state index contributed by atoms with van der Waals surface area (Å²) in [5.74, 6) is -2.11. The molecular weight excluding hydrogens is 372 g/mol. The molecule has 0 bridgehead atoms. The molecule has 0 aliphatic rings. The normalized spacial score (nSPS) is 10.2. The number of carboxylic acids is 1. The Morgan fingerprint density at radius 2 is 1.85 bits per heavy atom. The molecule has 0 aliphatic carbocycles. The average Bonchev–Trinajstić information content (AvgIpc) is 2.61. The van der Waals surface area contributed by atoms with Crippen molar-refractivity contribution in [2.75, 3.05) is 30.4 Å². The van der Waals surface area contributed by atoms with E-state index in [-0.39, 0.29) is 24.3 Å². The van der Waals surface area contributed by atoms with Crippen LogP contribution in [-0.2, 0) is 9.53 Å². The molecular formula is C19H19ClN2O5. The van der Waals surface area contributed by atoms with Crippen LogP contribution in [0.3, 0.4) is 0 Å². The Labute approximate surface area is 161 Å². The molecule has 0 aromatic heterocycles. The molecule has 0 fully saturated rings. The summed E-state index contributed by atoms with van der Waals surface area (Å²) >= 11 is 6.00. The summed E-state index contributed by atoms with van der Waals surface area (Å²) < 4.78 is 4.87. The predicted octanol–water partition coefficient (Wildman–Crippen LogP) is 3.29. The third-order valence-electron chi connectivity index (χ3n) is 3.69. The molecule has 0 saturated carbocycles. The summed E-state index contributed by atoms with van der Waals surface area (Å²) in [5.41, 5.74) is 0.843. The van der Waals surface area contributed by atoms with E-state index < -0.39 is 17.8 Å². The lowest BCUT2D eigenvalue weighted by atomic mass is 10.1. The highest BCUT2D eigenvalue weighted by Crippen LogP contribution is 2.25. The third kappa shape index (κ3) is 5.21. The van der Waals surface area contributed by atoms with Gasteiger partial charge in [0.2, 0.25) is 0 Å². The molecule has 0 aliphatic heterocycles. The molecule has 0 heterocycles. The van der Waals surface area contributed by atoms with Crippen molar-refractivity contribution in [2.24, 2.45) is 0 Å². The smallest absolute Gasteiger partial charge is 0.337 e. The van der Waals surface area contributed by atoms with Crippen LogP contribution in [0, 0.1) is 0 Å². The van der Waals surface area contributed by atoms with Gasteiger partial charge in [-0.05, 0) is 37.3 Å². The summed E-state index contributed by atoms with van der Waals surface area (Å²) in [4.78, 5) is 37.1. The van der Waals surface area contributed by atoms with Crippen molar-refractivity contribution >= 4 is 40.8 Å². The minimum Gasteiger partial charge on any atom is -0.478 e. The van der Waals surface area contributed by atoms with E-state index in [1.807, 2.05) is 0 Å². The maximum atomic E-state index is 12.3. The molecule has 1 amide bonds. The second-order valence-corrected chi connectivity index (χ2v) is 6.04. The van der Waals surface area contributed by atoms with Gasteiger partial charge in [0.05, 0.1) is 28.4 Å². The predicted molar refractivity (Wildman–Crippen MR) is 103 cm³/mol. The molecule has 2 aromatic rings. The number of nitrogens with zero attached hydrogens (tertiary/aromatic N) is 1. The topological polar surface area (TPSA) is 95.9 Å². The van der Waals surface area contributed by atoms with E-state index in [0.29, 0.717) is 16.4 Å². The Morgan fingerprint density at radius 1 is 1.15 bits per heavy atom. The summed E-state index contributed by atoms with van der Waals surface area (Å²) in [6, 6.07) is 10.9. The van der Waals surface area contributed by atoms with Crippen molar-refractivity contribution in [3.05, 3.63) is 58.6 Å². The van der Waals surface area contributed by atoms with Crippen molar-refractivity contribution in [2.45, 2.75) is 6.92 Å². The summed E-state index contributed by atoms with van der Waals surface area (Å²) in [6.45, 7) is 1.84. The first-order valence-electron chi connectivity index (χ1n) is 8.13. The Balaban J connectivity index is 2.24. The second-order valence-electron chi connectivity index (χ2n) is 5.63. The molecule has 0 atom stereocenters. The SMILES string of the molecule is CCOC(=O)CN(C)c1ccc(NC(=O)c2ccccc2Cl)cc1C(=O)O. The lowest BCUT2D eigenvalue weighted by molar-refractivity contribution is -0.141. The zero-order valence-corrected chi connectivity index (χ0v) is 15.6. The summed E-state index contributed by atoms with van der Waals surface area (Å²) in [5, 5.41) is 12.4. The number of nitrogens with one attached hydrogen (secondary N) is 1. The van der Waals surface area contributed by atoms with E-state index in [1.165, 1.54) is 17.0 Å². The van der Waals surface area contributed by atoms with Gasteiger partial charge in [0.25, 0.3) is 5.91 Å². The summed E-state index contributed by atoms with van der Waals surface area (Å²) in [7, 11) is 1.58. The van der Waals surface area contributed by atoms with Gasteiger partial charge in [-0.3, -0.25) is 9.59 Å². The minimum absolute atomic E-state index is 0.0567. The lowest BCUT2D eigenvalue weighted by Crippen LogP contribution is -2.28. The van der Waals surface area contributed by atoms with Crippen LogP contribution >= 0.6 is 11.6 Å². The van der Waals surface area contributed by atoms with Gasteiger partial charge < -0.3 is 20.1 Å². The lowest BCUT2D eigenvalue weighted by Gasteiger charge is -2.21. The zero-order valence-electron chi connectivity index (χ0n) is 14.9. The first-order chi connectivity index (χ1) is 12.8. The number of ether oxygens (including phenoxy) is 1. The Morgan fingerprint density at radius 3 is 2.48 bits per heavy atom. The number of likely N-dealkylation sites (N-methyl/N-ethyl adjacent to an activating group) is 1. The van der Waals surface area contributed by atoms with E-state index in [4.69, 9.17) is 16.3 Å². The second kappa shape index (κ2) is 9.05. The van der Waals surface area contributed by atoms with Crippen LogP contribution in [0.25, 0.3) is 0 Å². The standard InChI is InChI=1S/C19H19ClN2O5/c1-3-27-17(23)11-22(2)16-9-8-12(10-14(16)19(25)26)21-18(24)13-6-4-5-7-15(13)20/h4-10H,3,11H2,1-2H3,(H,21,24)(H,25,26). The molecule has 0 unspecified atom stereocenters. The Kier molecular flexibility index (Phi) is 6.79. The van der Waals surface area contributed by atoms with Gasteiger partial charge in [0.1, 0.15) is 6.54 Å². The van der Waals surface area contributed by atoms with Gasteiger partial charge in [-0.25, -0.2) is 4.79 Å². The number of hydrogen-bond acceptors (Lipinski definition) is 5. The third-order valence-corrected chi connectivity index (χ3v) is 4.02. The van der Waals surface area contributed by atoms with E-state index in [9.17, 15) is 19.5 Å². The number of rotatable bonds is 7. The van der Waals surface area contributed by atoms with Crippen molar-refractivity contribution in [1.82, 2.24) is 0 Å². The maximum absolute atomic E-state index is 12.3. The Hall–Kier alpha value is -3.06. The molecule has 7 nitrogen and oxygen atoms in total. The molecule has 8 heteroatoms. The zero-order chi connectivity index (χ0) is 20.0. The van der Waals surface area contributed by atoms with Crippen LogP contribution in [0.1, 0.15) is 27.6 Å². The Bertz CT molecular complexity index is 869. The molecule has 0 saturated heterocycles. The van der Waals surface area contributed by atoms with Crippen molar-refractivity contribution in [1.29, 1.82) is 0 Å². The fourth-order valence-corrected chi connectivity index (χ4v) is 2.67. The van der Waals surface area contributed by atoms with Crippen LogP contribution in [0.2, 0.25) is 5.02 Å². The number of anilines is 2. The van der Waals surface area contributed by atoms with E-state index in [0.717, 1.165) is 0 Å². The highest BCUT2D eigenvalue weighted by molar-refractivity contribution is 6.34. The van der Waals surface area contributed by atoms with Gasteiger partial charge in [-0.2, -0.15) is 0 Å². The van der Waals surface area contributed by atoms with E-state index in [1.54, 1.807) is 44.3 Å². The molecule has 2 aromatic carbocycles. The van der Waals surface area contributed by atoms with Crippen LogP contribution in [0.5, 0.6) is 0 Å². The van der Waals surface area contributed by atoms with Crippen LogP contribution in [0.4, 0.5) is 11.4 Å². The first-order valence-corrected chi connectivity index (χ1v) is 8.51. The highest BCUT2D eigenvalue weighted by Gasteiger charge is 2.18. The minimum atomic E-state index is -1.19. The van der Waals surface area contributed by atoms with Crippen molar-refractivity contribution < 1.29 is 24.2 Å². The monoisotopic (exact) mass is 390 g/mol. The van der Waals surface area contributed by atoms with Crippen molar-refractivity contribution in [3.8, 4) is 0 Å². The largest absolute Gasteiger partial charge is 0.478 e. The van der Waals surface area contributed by atoms with Crippen molar-refractivity contribution in [3.63, 3.8) is 0 Å². The van der Waals surface area contributed by atoms with E-state index >= 15 is 0 Å². The molecule has 2 N–H and O–H groups in total. The number of carbonyl (C=O) groups is 3. The van der Waals surface area contributed by atoms with Gasteiger partial charge in [-0.1, -0.05) is 23.7 Å². The summed E-state index contributed by atoms with van der Waals surface area (Å²) in [6.07, 6.45) is 0. The number of amides is 1. The first kappa shape index (κ1) is 20.3. The molecule has 2 rings (SSSR count). The number of carboxylic acid groups (broad SMARTS) is 1. The van der Waals surface area contributed by atoms with Gasteiger partial charge >= 0.3 is 11.9 Å². The van der Waals surface area contributed by atoms with Gasteiger partial charge in [0, 0.05) is 12.7 Å². The molecule has 27 heavy (non-hydrogen) atoms. The molecule has 0 spiro atoms. The quantitative estimate of drug-likeness (QED) is 0.704. The van der Waals surface area contributed by atoms with Crippen LogP contribution < -0.4 is 10.2 Å². The van der Waals surface area contributed by atoms with Gasteiger partial charge in [0.15, 0.2) is 0 Å². The highest BCUT2D eigenvalue weighted by atomic mass is 35.5. The number of esters is 1. The fraction of sp³-hybridized carbons (Fsp3) is 0.211.